The Hall–Kier alpha value is -2.56. The van der Waals surface area contributed by atoms with Gasteiger partial charge in [-0.1, -0.05) is 23.4 Å². The van der Waals surface area contributed by atoms with Crippen molar-refractivity contribution in [3.8, 4) is 10.7 Å². The predicted octanol–water partition coefficient (Wildman–Crippen LogP) is 3.40. The Morgan fingerprint density at radius 2 is 1.91 bits per heavy atom. The fourth-order valence-corrected chi connectivity index (χ4v) is 7.46. The molecule has 0 atom stereocenters. The average Bonchev–Trinajstić information content (AvgIpc) is 3.51. The van der Waals surface area contributed by atoms with Crippen LogP contribution in [0, 0.1) is 19.8 Å². The predicted molar refractivity (Wildman–Crippen MR) is 121 cm³/mol. The van der Waals surface area contributed by atoms with Crippen LogP contribution in [0.3, 0.4) is 0 Å². The number of amides is 1. The number of anilines is 1. The van der Waals surface area contributed by atoms with E-state index in [1.165, 1.54) is 21.2 Å². The van der Waals surface area contributed by atoms with Crippen LogP contribution in [0.4, 0.5) is 5.69 Å². The zero-order valence-electron chi connectivity index (χ0n) is 17.9. The van der Waals surface area contributed by atoms with Gasteiger partial charge in [-0.25, -0.2) is 8.42 Å². The van der Waals surface area contributed by atoms with Crippen LogP contribution in [0.5, 0.6) is 0 Å². The fraction of sp³-hybridized carbons (Fsp3) is 0.409. The van der Waals surface area contributed by atoms with Gasteiger partial charge in [-0.3, -0.25) is 4.79 Å². The number of aromatic nitrogens is 2. The Kier molecular flexibility index (Phi) is 5.39. The van der Waals surface area contributed by atoms with Crippen LogP contribution in [-0.4, -0.2) is 48.4 Å². The summed E-state index contributed by atoms with van der Waals surface area (Å²) >= 11 is 1.34. The first-order valence-electron chi connectivity index (χ1n) is 10.6. The molecule has 10 heteroatoms. The van der Waals surface area contributed by atoms with Crippen molar-refractivity contribution in [1.29, 1.82) is 0 Å². The number of carbonyl (C=O) groups is 1. The minimum absolute atomic E-state index is 0.105. The summed E-state index contributed by atoms with van der Waals surface area (Å²) in [6.45, 7) is 4.85. The van der Waals surface area contributed by atoms with E-state index < -0.39 is 10.0 Å². The van der Waals surface area contributed by atoms with Crippen LogP contribution in [0.2, 0.25) is 0 Å². The minimum Gasteiger partial charge on any atom is -0.339 e. The highest BCUT2D eigenvalue weighted by atomic mass is 32.2. The molecule has 1 amide bonds. The Balaban J connectivity index is 1.29. The quantitative estimate of drug-likeness (QED) is 0.577. The van der Waals surface area contributed by atoms with Crippen molar-refractivity contribution in [2.24, 2.45) is 5.92 Å². The van der Waals surface area contributed by atoms with Gasteiger partial charge in [0.2, 0.25) is 27.6 Å². The summed E-state index contributed by atoms with van der Waals surface area (Å²) in [5.74, 6) is 0.776. The van der Waals surface area contributed by atoms with Crippen LogP contribution in [0.1, 0.15) is 29.2 Å². The molecule has 0 saturated carbocycles. The highest BCUT2D eigenvalue weighted by molar-refractivity contribution is 7.89. The lowest BCUT2D eigenvalue weighted by molar-refractivity contribution is -0.123. The summed E-state index contributed by atoms with van der Waals surface area (Å²) in [7, 11) is -3.66. The average molecular weight is 473 g/mol. The van der Waals surface area contributed by atoms with Gasteiger partial charge in [0.25, 0.3) is 0 Å². The third-order valence-electron chi connectivity index (χ3n) is 6.19. The van der Waals surface area contributed by atoms with Crippen LogP contribution in [0.25, 0.3) is 10.7 Å². The number of nitrogens with zero attached hydrogens (tertiary/aromatic N) is 4. The first-order valence-corrected chi connectivity index (χ1v) is 12.9. The van der Waals surface area contributed by atoms with Gasteiger partial charge in [0.1, 0.15) is 0 Å². The van der Waals surface area contributed by atoms with Crippen LogP contribution in [-0.2, 0) is 21.2 Å². The van der Waals surface area contributed by atoms with Crippen LogP contribution < -0.4 is 4.90 Å². The van der Waals surface area contributed by atoms with E-state index in [1.54, 1.807) is 19.9 Å². The SMILES string of the molecule is Cc1nc(-c2cc(S(=O)(=O)N3CCC(C(=O)N4CCc5ccccc54)CC3)c(C)s2)no1. The molecule has 2 aliphatic rings. The zero-order valence-corrected chi connectivity index (χ0v) is 19.6. The molecule has 8 nitrogen and oxygen atoms in total. The number of aryl methyl sites for hydroxylation is 2. The number of carbonyl (C=O) groups excluding carboxylic acids is 1. The molecular formula is C22H24N4O4S2. The number of hydrogen-bond acceptors (Lipinski definition) is 7. The monoisotopic (exact) mass is 472 g/mol. The van der Waals surface area contributed by atoms with Gasteiger partial charge < -0.3 is 9.42 Å². The second kappa shape index (κ2) is 8.09. The maximum Gasteiger partial charge on any atom is 0.244 e. The number of sulfonamides is 1. The number of benzene rings is 1. The Morgan fingerprint density at radius 1 is 1.16 bits per heavy atom. The van der Waals surface area contributed by atoms with E-state index in [2.05, 4.69) is 16.2 Å². The molecular weight excluding hydrogens is 448 g/mol. The van der Waals surface area contributed by atoms with E-state index in [9.17, 15) is 13.2 Å². The molecule has 3 aromatic rings. The van der Waals surface area contributed by atoms with Gasteiger partial charge in [-0.15, -0.1) is 11.3 Å². The number of rotatable bonds is 4. The smallest absolute Gasteiger partial charge is 0.244 e. The Bertz CT molecular complexity index is 1270. The van der Waals surface area contributed by atoms with E-state index in [-0.39, 0.29) is 16.7 Å². The van der Waals surface area contributed by atoms with Crippen LogP contribution >= 0.6 is 11.3 Å². The molecule has 32 heavy (non-hydrogen) atoms. The number of piperidine rings is 1. The van der Waals surface area contributed by atoms with E-state index in [4.69, 9.17) is 4.52 Å². The molecule has 1 fully saturated rings. The van der Waals surface area contributed by atoms with Gasteiger partial charge >= 0.3 is 0 Å². The second-order valence-corrected chi connectivity index (χ2v) is 11.4. The molecule has 4 heterocycles. The number of thiophene rings is 1. The fourth-order valence-electron chi connectivity index (χ4n) is 4.50. The highest BCUT2D eigenvalue weighted by Crippen LogP contribution is 2.36. The Morgan fingerprint density at radius 3 is 2.62 bits per heavy atom. The molecule has 168 valence electrons. The molecule has 0 spiro atoms. The van der Waals surface area contributed by atoms with Crippen LogP contribution in [0.15, 0.2) is 39.8 Å². The van der Waals surface area contributed by atoms with Gasteiger partial charge in [0, 0.05) is 43.0 Å². The maximum absolute atomic E-state index is 13.3. The van der Waals surface area contributed by atoms with Gasteiger partial charge in [-0.05, 0) is 43.9 Å². The zero-order chi connectivity index (χ0) is 22.5. The summed E-state index contributed by atoms with van der Waals surface area (Å²) in [4.78, 5) is 20.8. The first-order chi connectivity index (χ1) is 15.3. The van der Waals surface area contributed by atoms with Crippen molar-refractivity contribution in [3.63, 3.8) is 0 Å². The minimum atomic E-state index is -3.66. The number of fused-ring (bicyclic) bond motifs is 1. The number of para-hydroxylation sites is 1. The molecule has 0 radical (unpaired) electrons. The maximum atomic E-state index is 13.3. The summed E-state index contributed by atoms with van der Waals surface area (Å²) in [6, 6.07) is 9.62. The molecule has 0 unspecified atom stereocenters. The molecule has 2 aliphatic heterocycles. The first kappa shape index (κ1) is 21.3. The highest BCUT2D eigenvalue weighted by Gasteiger charge is 2.36. The van der Waals surface area contributed by atoms with Crippen molar-refractivity contribution in [1.82, 2.24) is 14.4 Å². The molecule has 0 aliphatic carbocycles. The second-order valence-electron chi connectivity index (χ2n) is 8.22. The molecule has 0 N–H and O–H groups in total. The summed E-state index contributed by atoms with van der Waals surface area (Å²) < 4.78 is 33.2. The summed E-state index contributed by atoms with van der Waals surface area (Å²) in [5.41, 5.74) is 2.19. The molecule has 0 bridgehead atoms. The lowest BCUT2D eigenvalue weighted by Crippen LogP contribution is -2.44. The lowest BCUT2D eigenvalue weighted by atomic mass is 9.96. The standard InChI is InChI=1S/C22H24N4O4S2/c1-14-20(13-19(31-14)21-23-15(2)30-24-21)32(28,29)25-10-7-17(8-11-25)22(27)26-12-9-16-5-3-4-6-18(16)26/h3-6,13,17H,7-12H2,1-2H3. The lowest BCUT2D eigenvalue weighted by Gasteiger charge is -2.32. The number of hydrogen-bond donors (Lipinski definition) is 0. The van der Waals surface area contributed by atoms with Gasteiger partial charge in [-0.2, -0.15) is 9.29 Å². The summed E-state index contributed by atoms with van der Waals surface area (Å²) in [5, 5.41) is 3.89. The van der Waals surface area contributed by atoms with Crippen molar-refractivity contribution in [3.05, 3.63) is 46.7 Å². The largest absolute Gasteiger partial charge is 0.339 e. The van der Waals surface area contributed by atoms with E-state index >= 15 is 0 Å². The van der Waals surface area contributed by atoms with E-state index in [1.807, 2.05) is 23.1 Å². The molecule has 2 aromatic heterocycles. The van der Waals surface area contributed by atoms with E-state index in [0.717, 1.165) is 12.1 Å². The van der Waals surface area contributed by atoms with Crippen molar-refractivity contribution >= 4 is 33.0 Å². The molecule has 1 aromatic carbocycles. The topological polar surface area (TPSA) is 96.6 Å². The molecule has 1 saturated heterocycles. The normalized spacial score (nSPS) is 17.6. The van der Waals surface area contributed by atoms with E-state index in [0.29, 0.717) is 53.9 Å². The third kappa shape index (κ3) is 3.66. The Labute approximate surface area is 190 Å². The summed E-state index contributed by atoms with van der Waals surface area (Å²) in [6.07, 6.45) is 1.92. The van der Waals surface area contributed by atoms with Crippen molar-refractivity contribution in [2.45, 2.75) is 38.0 Å². The third-order valence-corrected chi connectivity index (χ3v) is 9.39. The van der Waals surface area contributed by atoms with Gasteiger partial charge in [0.15, 0.2) is 0 Å². The van der Waals surface area contributed by atoms with Gasteiger partial charge in [0.05, 0.1) is 9.77 Å². The molecule has 5 rings (SSSR count). The van der Waals surface area contributed by atoms with Crippen molar-refractivity contribution in [2.75, 3.05) is 24.5 Å². The van der Waals surface area contributed by atoms with Crippen molar-refractivity contribution < 1.29 is 17.7 Å².